The minimum atomic E-state index is -0.239. The summed E-state index contributed by atoms with van der Waals surface area (Å²) in [4.78, 5) is 33.7. The Kier molecular flexibility index (Phi) is 6.33. The van der Waals surface area contributed by atoms with Gasteiger partial charge >= 0.3 is 0 Å². The average Bonchev–Trinajstić information content (AvgIpc) is 2.75. The molecule has 1 N–H and O–H groups in total. The third kappa shape index (κ3) is 4.94. The number of anilines is 1. The fraction of sp³-hybridized carbons (Fsp3) is 0.409. The van der Waals surface area contributed by atoms with Gasteiger partial charge in [-0.05, 0) is 37.8 Å². The SMILES string of the molecule is N#Cc1ccc(O[C@H]2CC[C@H](NC(=O)c3cnc(N4CC(C=O)C4)cn3)CC2)cc1Cl. The number of nitriles is 1. The van der Waals surface area contributed by atoms with Crippen molar-refractivity contribution in [1.29, 1.82) is 5.26 Å². The molecular weight excluding hydrogens is 418 g/mol. The third-order valence-corrected chi connectivity index (χ3v) is 5.98. The smallest absolute Gasteiger partial charge is 0.271 e. The molecule has 0 atom stereocenters. The number of aldehydes is 1. The molecule has 8 nitrogen and oxygen atoms in total. The predicted molar refractivity (Wildman–Crippen MR) is 114 cm³/mol. The molecule has 1 aliphatic carbocycles. The van der Waals surface area contributed by atoms with Crippen molar-refractivity contribution < 1.29 is 14.3 Å². The summed E-state index contributed by atoms with van der Waals surface area (Å²) in [6.07, 6.45) is 7.25. The van der Waals surface area contributed by atoms with Crippen LogP contribution in [0, 0.1) is 17.2 Å². The van der Waals surface area contributed by atoms with E-state index in [1.54, 1.807) is 24.4 Å². The maximum absolute atomic E-state index is 12.5. The van der Waals surface area contributed by atoms with E-state index in [2.05, 4.69) is 15.3 Å². The Morgan fingerprint density at radius 2 is 2.00 bits per heavy atom. The van der Waals surface area contributed by atoms with Crippen LogP contribution >= 0.6 is 11.6 Å². The predicted octanol–water partition coefficient (Wildman–Crippen LogP) is 2.76. The zero-order chi connectivity index (χ0) is 21.8. The molecule has 1 aliphatic heterocycles. The highest BCUT2D eigenvalue weighted by atomic mass is 35.5. The van der Waals surface area contributed by atoms with Crippen LogP contribution in [-0.4, -0.2) is 47.4 Å². The van der Waals surface area contributed by atoms with Gasteiger partial charge in [0, 0.05) is 31.1 Å². The van der Waals surface area contributed by atoms with E-state index >= 15 is 0 Å². The van der Waals surface area contributed by atoms with Crippen molar-refractivity contribution in [2.24, 2.45) is 5.92 Å². The van der Waals surface area contributed by atoms with Crippen LogP contribution in [0.25, 0.3) is 0 Å². The second-order valence-electron chi connectivity index (χ2n) is 7.88. The maximum atomic E-state index is 12.5. The van der Waals surface area contributed by atoms with E-state index in [4.69, 9.17) is 21.6 Å². The molecule has 2 aliphatic rings. The largest absolute Gasteiger partial charge is 0.490 e. The summed E-state index contributed by atoms with van der Waals surface area (Å²) in [6, 6.07) is 7.15. The van der Waals surface area contributed by atoms with Crippen LogP contribution in [0.4, 0.5) is 5.82 Å². The second kappa shape index (κ2) is 9.31. The highest BCUT2D eigenvalue weighted by Gasteiger charge is 2.28. The first-order valence-electron chi connectivity index (χ1n) is 10.2. The highest BCUT2D eigenvalue weighted by Crippen LogP contribution is 2.27. The molecule has 0 spiro atoms. The van der Waals surface area contributed by atoms with E-state index in [0.717, 1.165) is 32.0 Å². The van der Waals surface area contributed by atoms with Gasteiger partial charge in [0.25, 0.3) is 5.91 Å². The van der Waals surface area contributed by atoms with Gasteiger partial charge in [-0.15, -0.1) is 0 Å². The molecule has 0 bridgehead atoms. The molecule has 2 heterocycles. The first kappa shape index (κ1) is 21.1. The van der Waals surface area contributed by atoms with Gasteiger partial charge in [0.2, 0.25) is 0 Å². The molecule has 0 unspecified atom stereocenters. The van der Waals surface area contributed by atoms with Crippen LogP contribution in [0.2, 0.25) is 5.02 Å². The molecule has 4 rings (SSSR count). The van der Waals surface area contributed by atoms with Crippen molar-refractivity contribution in [2.75, 3.05) is 18.0 Å². The van der Waals surface area contributed by atoms with Crippen molar-refractivity contribution >= 4 is 29.6 Å². The first-order chi connectivity index (χ1) is 15.1. The van der Waals surface area contributed by atoms with Crippen LogP contribution in [0.5, 0.6) is 5.75 Å². The number of carbonyl (C=O) groups excluding carboxylic acids is 2. The molecule has 31 heavy (non-hydrogen) atoms. The van der Waals surface area contributed by atoms with E-state index in [9.17, 15) is 9.59 Å². The molecule has 9 heteroatoms. The third-order valence-electron chi connectivity index (χ3n) is 5.67. The fourth-order valence-electron chi connectivity index (χ4n) is 3.82. The monoisotopic (exact) mass is 439 g/mol. The van der Waals surface area contributed by atoms with Gasteiger partial charge in [0.1, 0.15) is 29.6 Å². The zero-order valence-electron chi connectivity index (χ0n) is 16.8. The Morgan fingerprint density at radius 3 is 2.61 bits per heavy atom. The number of carbonyl (C=O) groups is 2. The van der Waals surface area contributed by atoms with Gasteiger partial charge in [0.15, 0.2) is 0 Å². The zero-order valence-corrected chi connectivity index (χ0v) is 17.6. The number of nitrogens with zero attached hydrogens (tertiary/aromatic N) is 4. The summed E-state index contributed by atoms with van der Waals surface area (Å²) in [5, 5.41) is 12.4. The Morgan fingerprint density at radius 1 is 1.23 bits per heavy atom. The fourth-order valence-corrected chi connectivity index (χ4v) is 4.04. The van der Waals surface area contributed by atoms with Crippen LogP contribution < -0.4 is 15.0 Å². The van der Waals surface area contributed by atoms with Crippen molar-refractivity contribution in [1.82, 2.24) is 15.3 Å². The van der Waals surface area contributed by atoms with E-state index in [0.29, 0.717) is 35.2 Å². The van der Waals surface area contributed by atoms with Gasteiger partial charge in [-0.3, -0.25) is 4.79 Å². The van der Waals surface area contributed by atoms with Gasteiger partial charge in [-0.1, -0.05) is 11.6 Å². The number of hydrogen-bond donors (Lipinski definition) is 1. The normalized spacial score (nSPS) is 21.0. The van der Waals surface area contributed by atoms with Crippen molar-refractivity contribution in [3.63, 3.8) is 0 Å². The minimum absolute atomic E-state index is 0.0444. The summed E-state index contributed by atoms with van der Waals surface area (Å²) >= 11 is 6.06. The van der Waals surface area contributed by atoms with E-state index in [-0.39, 0.29) is 29.7 Å². The van der Waals surface area contributed by atoms with E-state index in [1.165, 1.54) is 6.20 Å². The molecular formula is C22H22ClN5O3. The molecule has 1 saturated carbocycles. The molecule has 1 aromatic heterocycles. The van der Waals surface area contributed by atoms with Crippen LogP contribution in [0.1, 0.15) is 41.7 Å². The number of halogens is 1. The number of ether oxygens (including phenoxy) is 1. The molecule has 160 valence electrons. The number of aromatic nitrogens is 2. The number of nitrogens with one attached hydrogen (secondary N) is 1. The lowest BCUT2D eigenvalue weighted by molar-refractivity contribution is -0.111. The topological polar surface area (TPSA) is 108 Å². The lowest BCUT2D eigenvalue weighted by Crippen LogP contribution is -2.48. The molecule has 1 aromatic carbocycles. The summed E-state index contributed by atoms with van der Waals surface area (Å²) in [5.41, 5.74) is 0.702. The second-order valence-corrected chi connectivity index (χ2v) is 8.29. The maximum Gasteiger partial charge on any atom is 0.271 e. The lowest BCUT2D eigenvalue weighted by Gasteiger charge is -2.36. The summed E-state index contributed by atoms with van der Waals surface area (Å²) in [7, 11) is 0. The number of hydrogen-bond acceptors (Lipinski definition) is 7. The van der Waals surface area contributed by atoms with E-state index in [1.807, 2.05) is 11.0 Å². The summed E-state index contributed by atoms with van der Waals surface area (Å²) < 4.78 is 5.99. The van der Waals surface area contributed by atoms with Gasteiger partial charge in [0.05, 0.1) is 29.1 Å². The highest BCUT2D eigenvalue weighted by molar-refractivity contribution is 6.31. The van der Waals surface area contributed by atoms with Crippen LogP contribution in [0.15, 0.2) is 30.6 Å². The molecule has 2 fully saturated rings. The van der Waals surface area contributed by atoms with Crippen LogP contribution in [-0.2, 0) is 4.79 Å². The number of benzene rings is 1. The lowest BCUT2D eigenvalue weighted by atomic mass is 9.93. The van der Waals surface area contributed by atoms with Gasteiger partial charge in [-0.25, -0.2) is 9.97 Å². The molecule has 1 amide bonds. The quantitative estimate of drug-likeness (QED) is 0.689. The Bertz CT molecular complexity index is 993. The van der Waals surface area contributed by atoms with Crippen molar-refractivity contribution in [2.45, 2.75) is 37.8 Å². The number of rotatable bonds is 6. The Labute approximate surface area is 185 Å². The Balaban J connectivity index is 1.24. The van der Waals surface area contributed by atoms with Gasteiger partial charge < -0.3 is 19.7 Å². The molecule has 1 saturated heterocycles. The number of amides is 1. The Hall–Kier alpha value is -3.18. The summed E-state index contributed by atoms with van der Waals surface area (Å²) in [5.74, 6) is 1.14. The summed E-state index contributed by atoms with van der Waals surface area (Å²) in [6.45, 7) is 1.29. The molecule has 0 radical (unpaired) electrons. The van der Waals surface area contributed by atoms with Gasteiger partial charge in [-0.2, -0.15) is 5.26 Å². The van der Waals surface area contributed by atoms with E-state index < -0.39 is 0 Å². The standard InChI is InChI=1S/C22H22ClN5O3/c23-19-7-18(4-1-15(19)8-24)31-17-5-2-16(3-6-17)27-22(30)20-9-26-21(10-25-20)28-11-14(12-28)13-29/h1,4,7,9-10,13-14,16-17H,2-3,5-6,11-12H2,(H,27,30)/t16-,17-. The van der Waals surface area contributed by atoms with Crippen LogP contribution in [0.3, 0.4) is 0 Å². The molecule has 2 aromatic rings. The first-order valence-corrected chi connectivity index (χ1v) is 10.6. The minimum Gasteiger partial charge on any atom is -0.490 e. The van der Waals surface area contributed by atoms with Crippen molar-refractivity contribution in [3.05, 3.63) is 46.9 Å². The average molecular weight is 440 g/mol. The van der Waals surface area contributed by atoms with Crippen molar-refractivity contribution in [3.8, 4) is 11.8 Å².